The van der Waals surface area contributed by atoms with Crippen molar-refractivity contribution < 1.29 is 19.0 Å². The number of methoxy groups -OCH3 is 2. The number of esters is 1. The van der Waals surface area contributed by atoms with Gasteiger partial charge in [-0.25, -0.2) is 4.79 Å². The lowest BCUT2D eigenvalue weighted by Gasteiger charge is -2.35. The Bertz CT molecular complexity index is 270. The quantitative estimate of drug-likeness (QED) is 0.678. The second kappa shape index (κ2) is 4.34. The van der Waals surface area contributed by atoms with Gasteiger partial charge >= 0.3 is 5.97 Å². The first kappa shape index (κ1) is 11.9. The van der Waals surface area contributed by atoms with E-state index in [0.717, 1.165) is 19.3 Å². The van der Waals surface area contributed by atoms with Crippen molar-refractivity contribution in [1.29, 1.82) is 0 Å². The van der Waals surface area contributed by atoms with Crippen LogP contribution in [0, 0.1) is 0 Å². The molecule has 2 rings (SSSR count). The summed E-state index contributed by atoms with van der Waals surface area (Å²) in [5.74, 6) is -1.55. The number of hydrogen-bond acceptors (Lipinski definition) is 4. The maximum absolute atomic E-state index is 11.7. The lowest BCUT2D eigenvalue weighted by molar-refractivity contribution is -0.251. The molecule has 0 aromatic carbocycles. The van der Waals surface area contributed by atoms with E-state index in [-0.39, 0.29) is 5.60 Å². The summed E-state index contributed by atoms with van der Waals surface area (Å²) in [5, 5.41) is 0. The lowest BCUT2D eigenvalue weighted by Crippen LogP contribution is -2.45. The topological polar surface area (TPSA) is 44.8 Å². The highest BCUT2D eigenvalue weighted by molar-refractivity contribution is 5.78. The Labute approximate surface area is 96.2 Å². The fourth-order valence-corrected chi connectivity index (χ4v) is 2.92. The molecule has 1 heterocycles. The van der Waals surface area contributed by atoms with Crippen molar-refractivity contribution in [1.82, 2.24) is 0 Å². The summed E-state index contributed by atoms with van der Waals surface area (Å²) in [6.07, 6.45) is 7.21. The highest BCUT2D eigenvalue weighted by Gasteiger charge is 2.55. The molecule has 1 aliphatic carbocycles. The first-order valence-corrected chi connectivity index (χ1v) is 6.00. The van der Waals surface area contributed by atoms with Gasteiger partial charge in [-0.05, 0) is 19.3 Å². The van der Waals surface area contributed by atoms with Crippen molar-refractivity contribution in [3.8, 4) is 0 Å². The van der Waals surface area contributed by atoms with E-state index >= 15 is 0 Å². The van der Waals surface area contributed by atoms with Gasteiger partial charge < -0.3 is 14.2 Å². The molecule has 4 nitrogen and oxygen atoms in total. The van der Waals surface area contributed by atoms with E-state index < -0.39 is 11.8 Å². The number of rotatable bonds is 2. The molecule has 0 aromatic rings. The second-order valence-corrected chi connectivity index (χ2v) is 4.79. The molecule has 1 atom stereocenters. The molecule has 0 bridgehead atoms. The van der Waals surface area contributed by atoms with Crippen LogP contribution in [0.2, 0.25) is 0 Å². The van der Waals surface area contributed by atoms with Crippen LogP contribution in [-0.2, 0) is 19.0 Å². The molecule has 0 aromatic heterocycles. The smallest absolute Gasteiger partial charge is 0.366 e. The van der Waals surface area contributed by atoms with Gasteiger partial charge in [-0.1, -0.05) is 19.3 Å². The summed E-state index contributed by atoms with van der Waals surface area (Å²) in [6.45, 7) is 0. The minimum absolute atomic E-state index is 0.136. The predicted octanol–water partition coefficient (Wildman–Crippen LogP) is 2.02. The van der Waals surface area contributed by atoms with Crippen molar-refractivity contribution in [2.75, 3.05) is 14.2 Å². The summed E-state index contributed by atoms with van der Waals surface area (Å²) in [6, 6.07) is 0. The van der Waals surface area contributed by atoms with Crippen molar-refractivity contribution in [2.45, 2.75) is 56.3 Å². The fraction of sp³-hybridized carbons (Fsp3) is 0.917. The molecule has 0 amide bonds. The monoisotopic (exact) mass is 228 g/mol. The van der Waals surface area contributed by atoms with Crippen LogP contribution >= 0.6 is 0 Å². The van der Waals surface area contributed by atoms with Crippen LogP contribution in [0.5, 0.6) is 0 Å². The van der Waals surface area contributed by atoms with Gasteiger partial charge in [0.05, 0.1) is 12.7 Å². The zero-order valence-electron chi connectivity index (χ0n) is 10.1. The standard InChI is InChI=1S/C12H20O4/c1-14-10(13)12(15-2)9-8-11(16-12)6-4-3-5-7-11/h3-9H2,1-2H3. The van der Waals surface area contributed by atoms with Crippen molar-refractivity contribution in [3.63, 3.8) is 0 Å². The molecule has 16 heavy (non-hydrogen) atoms. The summed E-state index contributed by atoms with van der Waals surface area (Å²) >= 11 is 0. The molecule has 0 radical (unpaired) electrons. The Balaban J connectivity index is 2.12. The van der Waals surface area contributed by atoms with Crippen LogP contribution < -0.4 is 0 Å². The molecule has 1 saturated heterocycles. The van der Waals surface area contributed by atoms with Crippen LogP contribution in [0.15, 0.2) is 0 Å². The zero-order valence-corrected chi connectivity index (χ0v) is 10.1. The normalized spacial score (nSPS) is 32.9. The van der Waals surface area contributed by atoms with Gasteiger partial charge in [-0.3, -0.25) is 0 Å². The Morgan fingerprint density at radius 1 is 1.06 bits per heavy atom. The minimum Gasteiger partial charge on any atom is -0.465 e. The third kappa shape index (κ3) is 1.84. The molecule has 92 valence electrons. The third-order valence-electron chi connectivity index (χ3n) is 3.88. The average molecular weight is 228 g/mol. The summed E-state index contributed by atoms with van der Waals surface area (Å²) in [4.78, 5) is 11.7. The molecular formula is C12H20O4. The van der Waals surface area contributed by atoms with Crippen LogP contribution in [0.1, 0.15) is 44.9 Å². The van der Waals surface area contributed by atoms with E-state index in [9.17, 15) is 4.79 Å². The largest absolute Gasteiger partial charge is 0.465 e. The van der Waals surface area contributed by atoms with E-state index in [2.05, 4.69) is 0 Å². The highest BCUT2D eigenvalue weighted by atomic mass is 16.7. The summed E-state index contributed by atoms with van der Waals surface area (Å²) in [7, 11) is 2.89. The highest BCUT2D eigenvalue weighted by Crippen LogP contribution is 2.46. The van der Waals surface area contributed by atoms with Crippen LogP contribution in [0.4, 0.5) is 0 Å². The van der Waals surface area contributed by atoms with Gasteiger partial charge in [0.25, 0.3) is 5.79 Å². The van der Waals surface area contributed by atoms with Crippen molar-refractivity contribution >= 4 is 5.97 Å². The summed E-state index contributed by atoms with van der Waals surface area (Å²) in [5.41, 5.74) is -0.136. The summed E-state index contributed by atoms with van der Waals surface area (Å²) < 4.78 is 16.0. The van der Waals surface area contributed by atoms with Gasteiger partial charge in [0.1, 0.15) is 0 Å². The SMILES string of the molecule is COC(=O)C1(OC)CCC2(CCCCC2)O1. The number of ether oxygens (including phenoxy) is 3. The molecule has 1 saturated carbocycles. The van der Waals surface area contributed by atoms with Gasteiger partial charge in [0.2, 0.25) is 0 Å². The predicted molar refractivity (Wildman–Crippen MR) is 57.9 cm³/mol. The van der Waals surface area contributed by atoms with Gasteiger partial charge in [-0.2, -0.15) is 0 Å². The van der Waals surface area contributed by atoms with Gasteiger partial charge in [-0.15, -0.1) is 0 Å². The number of carbonyl (C=O) groups is 1. The molecule has 2 aliphatic rings. The molecule has 0 N–H and O–H groups in total. The Kier molecular flexibility index (Phi) is 3.22. The number of carbonyl (C=O) groups excluding carboxylic acids is 1. The molecule has 2 fully saturated rings. The Hall–Kier alpha value is -0.610. The fourth-order valence-electron chi connectivity index (χ4n) is 2.92. The van der Waals surface area contributed by atoms with E-state index in [1.54, 1.807) is 0 Å². The van der Waals surface area contributed by atoms with E-state index in [4.69, 9.17) is 14.2 Å². The van der Waals surface area contributed by atoms with E-state index in [1.807, 2.05) is 0 Å². The zero-order chi connectivity index (χ0) is 11.6. The van der Waals surface area contributed by atoms with Crippen molar-refractivity contribution in [2.24, 2.45) is 0 Å². The molecular weight excluding hydrogens is 208 g/mol. The Morgan fingerprint density at radius 2 is 1.75 bits per heavy atom. The second-order valence-electron chi connectivity index (χ2n) is 4.79. The minimum atomic E-state index is -1.15. The first-order valence-electron chi connectivity index (χ1n) is 6.00. The van der Waals surface area contributed by atoms with Crippen LogP contribution in [-0.4, -0.2) is 31.6 Å². The van der Waals surface area contributed by atoms with E-state index in [0.29, 0.717) is 6.42 Å². The van der Waals surface area contributed by atoms with Crippen molar-refractivity contribution in [3.05, 3.63) is 0 Å². The molecule has 1 spiro atoms. The van der Waals surface area contributed by atoms with Gasteiger partial charge in [0, 0.05) is 13.5 Å². The molecule has 1 unspecified atom stereocenters. The number of hydrogen-bond donors (Lipinski definition) is 0. The molecule has 4 heteroatoms. The van der Waals surface area contributed by atoms with E-state index in [1.165, 1.54) is 33.5 Å². The Morgan fingerprint density at radius 3 is 2.31 bits per heavy atom. The van der Waals surface area contributed by atoms with Gasteiger partial charge in [0.15, 0.2) is 0 Å². The first-order chi connectivity index (χ1) is 7.66. The maximum Gasteiger partial charge on any atom is 0.366 e. The van der Waals surface area contributed by atoms with Crippen LogP contribution in [0.3, 0.4) is 0 Å². The van der Waals surface area contributed by atoms with Crippen LogP contribution in [0.25, 0.3) is 0 Å². The average Bonchev–Trinajstić information content (AvgIpc) is 2.69. The third-order valence-corrected chi connectivity index (χ3v) is 3.88. The lowest BCUT2D eigenvalue weighted by atomic mass is 9.83. The maximum atomic E-state index is 11.7. The molecule has 1 aliphatic heterocycles.